The normalized spacial score (nSPS) is 29.4. The van der Waals surface area contributed by atoms with Gasteiger partial charge >= 0.3 is 0 Å². The Kier molecular flexibility index (Phi) is 5.08. The molecule has 1 saturated carbocycles. The lowest BCUT2D eigenvalue weighted by molar-refractivity contribution is -0.146. The number of nitrogens with one attached hydrogen (secondary N) is 3. The molecule has 4 heterocycles. The van der Waals surface area contributed by atoms with Gasteiger partial charge in [0.2, 0.25) is 17.7 Å². The second-order valence-corrected chi connectivity index (χ2v) is 11.5. The number of amides is 3. The van der Waals surface area contributed by atoms with Crippen LogP contribution in [0, 0.1) is 18.8 Å². The van der Waals surface area contributed by atoms with Gasteiger partial charge < -0.3 is 10.3 Å². The first-order valence-electron chi connectivity index (χ1n) is 13.2. The molecule has 2 saturated heterocycles. The molecule has 3 fully saturated rings. The minimum absolute atomic E-state index is 0.0878. The summed E-state index contributed by atoms with van der Waals surface area (Å²) in [5.41, 5.74) is 2.94. The predicted octanol–water partition coefficient (Wildman–Crippen LogP) is 4.43. The highest BCUT2D eigenvalue weighted by Crippen LogP contribution is 2.55. The average molecular weight is 517 g/mol. The van der Waals surface area contributed by atoms with Crippen molar-refractivity contribution < 1.29 is 14.4 Å². The van der Waals surface area contributed by atoms with Crippen molar-refractivity contribution in [1.82, 2.24) is 15.2 Å². The van der Waals surface area contributed by atoms with Gasteiger partial charge in [-0.2, -0.15) is 0 Å². The second kappa shape index (κ2) is 8.17. The van der Waals surface area contributed by atoms with E-state index in [1.165, 1.54) is 4.90 Å². The Hall–Kier alpha value is -3.16. The molecule has 3 amide bonds. The Morgan fingerprint density at radius 1 is 1.05 bits per heavy atom. The second-order valence-electron chi connectivity index (χ2n) is 11.1. The SMILES string of the molecule is Cc1cc(Cl)cc2c1NC(=O)[C@]21N[C@@H](Cc2c[nH]c3ccccc23)[C@H]2C(=O)N(C3CCCCC3)C(=O)[C@H]21. The summed E-state index contributed by atoms with van der Waals surface area (Å²) in [6.45, 7) is 1.90. The Labute approximate surface area is 219 Å². The molecule has 8 heteroatoms. The molecule has 4 atom stereocenters. The Balaban J connectivity index is 1.37. The molecule has 1 spiro atoms. The summed E-state index contributed by atoms with van der Waals surface area (Å²) in [4.78, 5) is 47.0. The lowest BCUT2D eigenvalue weighted by Crippen LogP contribution is -2.54. The number of para-hydroxylation sites is 1. The number of anilines is 1. The zero-order valence-electron chi connectivity index (χ0n) is 20.6. The molecular formula is C29H29ClN4O3. The van der Waals surface area contributed by atoms with Gasteiger partial charge in [-0.15, -0.1) is 0 Å². The van der Waals surface area contributed by atoms with E-state index >= 15 is 0 Å². The van der Waals surface area contributed by atoms with Crippen LogP contribution in [0.1, 0.15) is 48.8 Å². The van der Waals surface area contributed by atoms with Crippen LogP contribution in [0.3, 0.4) is 0 Å². The van der Waals surface area contributed by atoms with Gasteiger partial charge in [0, 0.05) is 45.5 Å². The van der Waals surface area contributed by atoms with Crippen LogP contribution in [0.4, 0.5) is 5.69 Å². The molecule has 3 aliphatic heterocycles. The monoisotopic (exact) mass is 516 g/mol. The van der Waals surface area contributed by atoms with Crippen LogP contribution in [-0.2, 0) is 26.3 Å². The Morgan fingerprint density at radius 2 is 1.84 bits per heavy atom. The third kappa shape index (κ3) is 3.13. The summed E-state index contributed by atoms with van der Waals surface area (Å²) in [5, 5.41) is 8.18. The van der Waals surface area contributed by atoms with Gasteiger partial charge in [0.25, 0.3) is 0 Å². The quantitative estimate of drug-likeness (QED) is 0.449. The summed E-state index contributed by atoms with van der Waals surface area (Å²) >= 11 is 6.48. The third-order valence-electron chi connectivity index (χ3n) is 9.07. The van der Waals surface area contributed by atoms with Gasteiger partial charge in [-0.25, -0.2) is 0 Å². The predicted molar refractivity (Wildman–Crippen MR) is 141 cm³/mol. The minimum atomic E-state index is -1.33. The highest BCUT2D eigenvalue weighted by molar-refractivity contribution is 6.31. The van der Waals surface area contributed by atoms with Crippen LogP contribution in [0.25, 0.3) is 10.9 Å². The average Bonchev–Trinajstić information content (AvgIpc) is 3.60. The van der Waals surface area contributed by atoms with Gasteiger partial charge in [0.15, 0.2) is 0 Å². The molecule has 1 aromatic heterocycles. The number of carbonyl (C=O) groups is 3. The molecule has 3 aromatic rings. The van der Waals surface area contributed by atoms with E-state index in [2.05, 4.69) is 21.7 Å². The summed E-state index contributed by atoms with van der Waals surface area (Å²) in [6.07, 6.45) is 7.30. The third-order valence-corrected chi connectivity index (χ3v) is 9.29. The molecule has 1 aliphatic carbocycles. The van der Waals surface area contributed by atoms with Crippen molar-refractivity contribution in [2.75, 3.05) is 5.32 Å². The highest BCUT2D eigenvalue weighted by Gasteiger charge is 2.71. The molecule has 0 unspecified atom stereocenters. The zero-order valence-corrected chi connectivity index (χ0v) is 21.4. The molecule has 3 N–H and O–H groups in total. The highest BCUT2D eigenvalue weighted by atomic mass is 35.5. The van der Waals surface area contributed by atoms with Crippen LogP contribution in [0.5, 0.6) is 0 Å². The molecule has 0 radical (unpaired) electrons. The standard InChI is InChI=1S/C29H29ClN4O3/c1-15-11-17(30)13-20-25(15)32-28(37)29(20)24-23(26(35)34(27(24)36)18-7-3-2-4-8-18)22(33-29)12-16-14-31-21-10-6-5-9-19(16)21/h5-6,9-11,13-14,18,22-24,31,33H,2-4,7-8,12H2,1H3,(H,32,37)/t22-,23+,24-,29-/m0/s1. The first kappa shape index (κ1) is 23.0. The van der Waals surface area contributed by atoms with Gasteiger partial charge in [-0.05, 0) is 55.5 Å². The van der Waals surface area contributed by atoms with E-state index < -0.39 is 17.4 Å². The molecule has 2 aromatic carbocycles. The largest absolute Gasteiger partial charge is 0.361 e. The molecule has 4 aliphatic rings. The lowest BCUT2D eigenvalue weighted by atomic mass is 9.76. The number of aromatic amines is 1. The number of fused-ring (bicyclic) bond motifs is 5. The Bertz CT molecular complexity index is 1480. The fraction of sp³-hybridized carbons (Fsp3) is 0.414. The number of aromatic nitrogens is 1. The maximum atomic E-state index is 14.2. The zero-order chi connectivity index (χ0) is 25.5. The van der Waals surface area contributed by atoms with Crippen molar-refractivity contribution in [2.24, 2.45) is 11.8 Å². The number of hydrogen-bond acceptors (Lipinski definition) is 4. The van der Waals surface area contributed by atoms with Crippen LogP contribution >= 0.6 is 11.6 Å². The Morgan fingerprint density at radius 3 is 2.65 bits per heavy atom. The summed E-state index contributed by atoms with van der Waals surface area (Å²) in [5.74, 6) is -2.08. The number of carbonyl (C=O) groups excluding carboxylic acids is 3. The molecule has 7 rings (SSSR count). The molecule has 7 nitrogen and oxygen atoms in total. The molecular weight excluding hydrogens is 488 g/mol. The van der Waals surface area contributed by atoms with E-state index in [0.29, 0.717) is 22.7 Å². The van der Waals surface area contributed by atoms with Gasteiger partial charge in [-0.1, -0.05) is 49.1 Å². The number of benzene rings is 2. The van der Waals surface area contributed by atoms with Crippen LogP contribution in [0.2, 0.25) is 5.02 Å². The molecule has 0 bridgehead atoms. The van der Waals surface area contributed by atoms with Crippen LogP contribution in [-0.4, -0.2) is 39.7 Å². The maximum absolute atomic E-state index is 14.2. The molecule has 190 valence electrons. The fourth-order valence-corrected chi connectivity index (χ4v) is 7.74. The van der Waals surface area contributed by atoms with Crippen molar-refractivity contribution in [3.05, 3.63) is 64.3 Å². The first-order chi connectivity index (χ1) is 17.9. The number of rotatable bonds is 3. The topological polar surface area (TPSA) is 94.3 Å². The van der Waals surface area contributed by atoms with Crippen molar-refractivity contribution in [3.8, 4) is 0 Å². The van der Waals surface area contributed by atoms with Crippen LogP contribution in [0.15, 0.2) is 42.6 Å². The number of imide groups is 1. The van der Waals surface area contributed by atoms with E-state index in [4.69, 9.17) is 11.6 Å². The fourth-order valence-electron chi connectivity index (χ4n) is 7.47. The molecule has 37 heavy (non-hydrogen) atoms. The van der Waals surface area contributed by atoms with Crippen molar-refractivity contribution in [2.45, 2.75) is 63.1 Å². The van der Waals surface area contributed by atoms with Crippen molar-refractivity contribution in [1.29, 1.82) is 0 Å². The number of halogens is 1. The van der Waals surface area contributed by atoms with E-state index in [9.17, 15) is 14.4 Å². The van der Waals surface area contributed by atoms with E-state index in [-0.39, 0.29) is 29.8 Å². The van der Waals surface area contributed by atoms with Crippen molar-refractivity contribution in [3.63, 3.8) is 0 Å². The van der Waals surface area contributed by atoms with E-state index in [1.807, 2.05) is 37.4 Å². The first-order valence-corrected chi connectivity index (χ1v) is 13.6. The van der Waals surface area contributed by atoms with Gasteiger partial charge in [0.1, 0.15) is 5.54 Å². The van der Waals surface area contributed by atoms with Gasteiger partial charge in [-0.3, -0.25) is 24.6 Å². The summed E-state index contributed by atoms with van der Waals surface area (Å²) in [6, 6.07) is 11.2. The van der Waals surface area contributed by atoms with Crippen molar-refractivity contribution >= 4 is 45.9 Å². The lowest BCUT2D eigenvalue weighted by Gasteiger charge is -2.34. The van der Waals surface area contributed by atoms with E-state index in [0.717, 1.165) is 54.1 Å². The number of aryl methyl sites for hydroxylation is 1. The number of likely N-dealkylation sites (tertiary alicyclic amines) is 1. The summed E-state index contributed by atoms with van der Waals surface area (Å²) < 4.78 is 0. The van der Waals surface area contributed by atoms with Crippen LogP contribution < -0.4 is 10.6 Å². The smallest absolute Gasteiger partial charge is 0.250 e. The van der Waals surface area contributed by atoms with Gasteiger partial charge in [0.05, 0.1) is 11.8 Å². The number of H-pyrrole nitrogens is 1. The summed E-state index contributed by atoms with van der Waals surface area (Å²) in [7, 11) is 0. The minimum Gasteiger partial charge on any atom is -0.361 e. The number of hydrogen-bond donors (Lipinski definition) is 3. The maximum Gasteiger partial charge on any atom is 0.250 e. The van der Waals surface area contributed by atoms with E-state index in [1.54, 1.807) is 6.07 Å². The number of nitrogens with zero attached hydrogens (tertiary/aromatic N) is 1.